The Hall–Kier alpha value is -0.470. The third-order valence-corrected chi connectivity index (χ3v) is 2.72. The summed E-state index contributed by atoms with van der Waals surface area (Å²) in [6.07, 6.45) is 0. The molecule has 0 aliphatic heterocycles. The zero-order chi connectivity index (χ0) is 6.27. The molecule has 2 heterocycles. The van der Waals surface area contributed by atoms with E-state index in [-0.39, 0.29) is 0 Å². The van der Waals surface area contributed by atoms with E-state index in [1.165, 1.54) is 5.69 Å². The van der Waals surface area contributed by atoms with Gasteiger partial charge >= 0.3 is 0 Å². The SMILES string of the molecule is Cc1csc2npnn12. The molecule has 0 aromatic carbocycles. The number of rotatable bonds is 0. The predicted octanol–water partition coefficient (Wildman–Crippen LogP) is 1.68. The van der Waals surface area contributed by atoms with E-state index in [1.54, 1.807) is 11.3 Å². The number of aryl methyl sites for hydroxylation is 1. The van der Waals surface area contributed by atoms with E-state index >= 15 is 0 Å². The van der Waals surface area contributed by atoms with Crippen LogP contribution in [0.1, 0.15) is 5.69 Å². The second-order valence-electron chi connectivity index (χ2n) is 1.75. The first-order valence-electron chi connectivity index (χ1n) is 2.50. The van der Waals surface area contributed by atoms with E-state index in [1.807, 2.05) is 11.4 Å². The quantitative estimate of drug-likeness (QED) is 0.582. The van der Waals surface area contributed by atoms with Crippen LogP contribution in [0.3, 0.4) is 0 Å². The van der Waals surface area contributed by atoms with Crippen molar-refractivity contribution in [2.45, 2.75) is 6.92 Å². The molecule has 0 N–H and O–H groups in total. The number of fused-ring (bicyclic) bond motifs is 1. The normalized spacial score (nSPS) is 11.7. The highest BCUT2D eigenvalue weighted by molar-refractivity contribution is 7.23. The summed E-state index contributed by atoms with van der Waals surface area (Å²) in [7, 11) is 0.819. The van der Waals surface area contributed by atoms with Gasteiger partial charge in [-0.05, 0) is 6.92 Å². The molecule has 3 nitrogen and oxygen atoms in total. The summed E-state index contributed by atoms with van der Waals surface area (Å²) in [6.45, 7) is 2.03. The Labute approximate surface area is 57.6 Å². The fraction of sp³-hybridized carbons (Fsp3) is 0.250. The molecule has 0 bridgehead atoms. The Morgan fingerprint density at radius 2 is 2.67 bits per heavy atom. The van der Waals surface area contributed by atoms with Gasteiger partial charge in [0.05, 0.1) is 5.69 Å². The van der Waals surface area contributed by atoms with Gasteiger partial charge in [-0.15, -0.1) is 16.2 Å². The number of hydrogen-bond donors (Lipinski definition) is 0. The van der Waals surface area contributed by atoms with Crippen molar-refractivity contribution in [2.75, 3.05) is 0 Å². The molecule has 2 aromatic rings. The Morgan fingerprint density at radius 1 is 1.78 bits per heavy atom. The maximum Gasteiger partial charge on any atom is 0.216 e. The molecule has 0 fully saturated rings. The summed E-state index contributed by atoms with van der Waals surface area (Å²) in [5.74, 6) is 0. The summed E-state index contributed by atoms with van der Waals surface area (Å²) in [4.78, 5) is 5.10. The molecule has 0 atom stereocenters. The van der Waals surface area contributed by atoms with Crippen LogP contribution in [-0.2, 0) is 0 Å². The van der Waals surface area contributed by atoms with Gasteiger partial charge in [-0.1, -0.05) is 0 Å². The number of thiazole rings is 1. The molecule has 9 heavy (non-hydrogen) atoms. The molecule has 0 amide bonds. The minimum Gasteiger partial charge on any atom is -0.204 e. The van der Waals surface area contributed by atoms with Crippen LogP contribution in [0, 0.1) is 6.92 Å². The minimum absolute atomic E-state index is 0.819. The maximum atomic E-state index is 4.11. The number of hydrogen-bond acceptors (Lipinski definition) is 3. The Bertz CT molecular complexity index is 325. The highest BCUT2D eigenvalue weighted by Gasteiger charge is 1.98. The first-order chi connectivity index (χ1) is 4.38. The molecule has 5 heteroatoms. The third-order valence-electron chi connectivity index (χ3n) is 1.11. The number of nitrogens with zero attached hydrogens (tertiary/aromatic N) is 3. The highest BCUT2D eigenvalue weighted by atomic mass is 32.1. The van der Waals surface area contributed by atoms with Crippen LogP contribution >= 0.6 is 19.8 Å². The summed E-state index contributed by atoms with van der Waals surface area (Å²) in [5, 5.41) is 2.05. The molecule has 0 spiro atoms. The lowest BCUT2D eigenvalue weighted by molar-refractivity contribution is 0.973. The summed E-state index contributed by atoms with van der Waals surface area (Å²) in [5.41, 5.74) is 1.17. The lowest BCUT2D eigenvalue weighted by Gasteiger charge is -1.79. The van der Waals surface area contributed by atoms with Crippen LogP contribution in [0.2, 0.25) is 0 Å². The van der Waals surface area contributed by atoms with Crippen molar-refractivity contribution in [1.82, 2.24) is 14.1 Å². The van der Waals surface area contributed by atoms with Gasteiger partial charge in [-0.3, -0.25) is 0 Å². The van der Waals surface area contributed by atoms with E-state index in [2.05, 4.69) is 15.0 Å². The van der Waals surface area contributed by atoms with Gasteiger partial charge in [-0.2, -0.15) is 4.75 Å². The van der Waals surface area contributed by atoms with Crippen molar-refractivity contribution in [1.29, 1.82) is 0 Å². The molecule has 0 saturated heterocycles. The average Bonchev–Trinajstić information content (AvgIpc) is 2.35. The summed E-state index contributed by atoms with van der Waals surface area (Å²) in [6, 6.07) is 0. The van der Waals surface area contributed by atoms with Crippen LogP contribution in [0.15, 0.2) is 5.38 Å². The number of aromatic nitrogens is 3. The molecule has 0 saturated carbocycles. The molecular formula is C4H4N3PS. The fourth-order valence-corrected chi connectivity index (χ4v) is 2.19. The monoisotopic (exact) mass is 157 g/mol. The van der Waals surface area contributed by atoms with Gasteiger partial charge in [0.25, 0.3) is 0 Å². The van der Waals surface area contributed by atoms with E-state index in [0.717, 1.165) is 13.5 Å². The smallest absolute Gasteiger partial charge is 0.204 e. The van der Waals surface area contributed by atoms with Gasteiger partial charge in [0, 0.05) is 5.38 Å². The topological polar surface area (TPSA) is 30.2 Å². The first-order valence-corrected chi connectivity index (χ1v) is 4.18. The fourth-order valence-electron chi connectivity index (χ4n) is 0.662. The van der Waals surface area contributed by atoms with Crippen LogP contribution < -0.4 is 0 Å². The highest BCUT2D eigenvalue weighted by Crippen LogP contribution is 2.13. The van der Waals surface area contributed by atoms with Crippen LogP contribution in [0.25, 0.3) is 4.96 Å². The molecule has 2 aromatic heterocycles. The molecular weight excluding hydrogens is 153 g/mol. The third kappa shape index (κ3) is 0.671. The van der Waals surface area contributed by atoms with Crippen molar-refractivity contribution < 1.29 is 0 Å². The van der Waals surface area contributed by atoms with Crippen LogP contribution in [0.5, 0.6) is 0 Å². The Balaban J connectivity index is 2.99. The lowest BCUT2D eigenvalue weighted by atomic mass is 10.6. The van der Waals surface area contributed by atoms with Gasteiger partial charge < -0.3 is 0 Å². The largest absolute Gasteiger partial charge is 0.216 e. The predicted molar refractivity (Wildman–Crippen MR) is 38.1 cm³/mol. The lowest BCUT2D eigenvalue weighted by Crippen LogP contribution is -1.82. The maximum absolute atomic E-state index is 4.11. The van der Waals surface area contributed by atoms with Crippen molar-refractivity contribution in [3.05, 3.63) is 11.1 Å². The second kappa shape index (κ2) is 1.75. The average molecular weight is 157 g/mol. The van der Waals surface area contributed by atoms with Gasteiger partial charge in [0.15, 0.2) is 8.51 Å². The van der Waals surface area contributed by atoms with E-state index in [4.69, 9.17) is 0 Å². The molecule has 0 aliphatic rings. The standard InChI is InChI=1S/C4H4N3PS/c1-3-2-9-4-5-8-6-7(3)4/h2H,1H3. The summed E-state index contributed by atoms with van der Waals surface area (Å²) < 4.78 is 5.97. The van der Waals surface area contributed by atoms with Gasteiger partial charge in [0.2, 0.25) is 4.96 Å². The Kier molecular flexibility index (Phi) is 1.04. The zero-order valence-electron chi connectivity index (χ0n) is 4.77. The Morgan fingerprint density at radius 3 is 3.44 bits per heavy atom. The molecule has 0 unspecified atom stereocenters. The molecule has 46 valence electrons. The van der Waals surface area contributed by atoms with E-state index in [0.29, 0.717) is 0 Å². The second-order valence-corrected chi connectivity index (χ2v) is 3.14. The van der Waals surface area contributed by atoms with Crippen molar-refractivity contribution in [3.63, 3.8) is 0 Å². The van der Waals surface area contributed by atoms with Crippen molar-refractivity contribution in [2.24, 2.45) is 0 Å². The van der Waals surface area contributed by atoms with Crippen molar-refractivity contribution >= 4 is 24.8 Å². The molecule has 0 aliphatic carbocycles. The molecule has 2 rings (SSSR count). The summed E-state index contributed by atoms with van der Waals surface area (Å²) >= 11 is 1.63. The van der Waals surface area contributed by atoms with Crippen molar-refractivity contribution in [3.8, 4) is 0 Å². The zero-order valence-corrected chi connectivity index (χ0v) is 6.49. The van der Waals surface area contributed by atoms with Crippen LogP contribution in [0.4, 0.5) is 0 Å². The van der Waals surface area contributed by atoms with Gasteiger partial charge in [-0.25, -0.2) is 4.52 Å². The first kappa shape index (κ1) is 5.33. The van der Waals surface area contributed by atoms with E-state index < -0.39 is 0 Å². The molecule has 0 radical (unpaired) electrons. The van der Waals surface area contributed by atoms with Gasteiger partial charge in [0.1, 0.15) is 0 Å². The minimum atomic E-state index is 0.819. The van der Waals surface area contributed by atoms with E-state index in [9.17, 15) is 0 Å². The van der Waals surface area contributed by atoms with Crippen LogP contribution in [-0.4, -0.2) is 14.1 Å².